The summed E-state index contributed by atoms with van der Waals surface area (Å²) >= 11 is 0. The largest absolute Gasteiger partial charge is 0.478 e. The highest BCUT2D eigenvalue weighted by atomic mass is 19.4. The Bertz CT molecular complexity index is 676. The lowest BCUT2D eigenvalue weighted by atomic mass is 9.89. The van der Waals surface area contributed by atoms with Crippen LogP contribution in [0.1, 0.15) is 6.42 Å². The number of aliphatic carboxylic acids is 1. The smallest absolute Gasteiger partial charge is 0.460 e. The van der Waals surface area contributed by atoms with Gasteiger partial charge in [-0.05, 0) is 0 Å². The summed E-state index contributed by atoms with van der Waals surface area (Å²) < 4.78 is 206. The predicted octanol–water partition coefficient (Wildman–Crippen LogP) is 5.73. The second-order valence-corrected chi connectivity index (χ2v) is 5.63. The minimum absolute atomic E-state index is 1.87. The molecule has 178 valence electrons. The number of carboxylic acid groups (broad SMARTS) is 1. The first-order valence-corrected chi connectivity index (χ1v) is 6.62. The van der Waals surface area contributed by atoms with E-state index >= 15 is 0 Å². The summed E-state index contributed by atoms with van der Waals surface area (Å²) in [5.74, 6) is -49.4. The summed E-state index contributed by atoms with van der Waals surface area (Å²) in [6.45, 7) is 2.24. The van der Waals surface area contributed by atoms with E-state index in [0.29, 0.717) is 0 Å². The topological polar surface area (TPSA) is 37.3 Å². The van der Waals surface area contributed by atoms with Gasteiger partial charge in [0.2, 0.25) is 6.17 Å². The third kappa shape index (κ3) is 4.00. The molecule has 0 aliphatic rings. The Morgan fingerprint density at radius 3 is 1.33 bits per heavy atom. The Kier molecular flexibility index (Phi) is 6.88. The van der Waals surface area contributed by atoms with Gasteiger partial charge >= 0.3 is 41.8 Å². The maximum Gasteiger partial charge on any atom is 0.460 e. The lowest BCUT2D eigenvalue weighted by Crippen LogP contribution is -2.72. The fourth-order valence-electron chi connectivity index (χ4n) is 1.66. The van der Waals surface area contributed by atoms with Crippen LogP contribution in [-0.2, 0) is 4.79 Å². The standard InChI is InChI=1S/C12H6F16O2/c1-3(4(29)30)2-6(14,15)5(13)7(16,17)8(18,19)9(20,21)10(22,23)11(24,25)12(26,27)28/h5H,1-2H2,(H,29,30). The molecule has 0 bridgehead atoms. The van der Waals surface area contributed by atoms with E-state index in [1.807, 2.05) is 0 Å². The molecule has 1 unspecified atom stereocenters. The normalized spacial score (nSPS) is 16.4. The maximum atomic E-state index is 13.3. The zero-order valence-electron chi connectivity index (χ0n) is 13.4. The highest BCUT2D eigenvalue weighted by Crippen LogP contribution is 2.61. The molecule has 1 N–H and O–H groups in total. The fourth-order valence-corrected chi connectivity index (χ4v) is 1.66. The minimum Gasteiger partial charge on any atom is -0.478 e. The van der Waals surface area contributed by atoms with Gasteiger partial charge in [-0.2, -0.15) is 57.1 Å². The van der Waals surface area contributed by atoms with E-state index in [2.05, 4.69) is 6.58 Å². The monoisotopic (exact) mass is 486 g/mol. The van der Waals surface area contributed by atoms with Crippen molar-refractivity contribution in [2.75, 3.05) is 0 Å². The Labute approximate surface area is 154 Å². The lowest BCUT2D eigenvalue weighted by Gasteiger charge is -2.41. The van der Waals surface area contributed by atoms with Crippen molar-refractivity contribution < 1.29 is 80.1 Å². The molecule has 2 nitrogen and oxygen atoms in total. The predicted molar refractivity (Wildman–Crippen MR) is 62.0 cm³/mol. The highest BCUT2D eigenvalue weighted by molar-refractivity contribution is 5.85. The molecule has 0 rings (SSSR count). The van der Waals surface area contributed by atoms with Gasteiger partial charge in [-0.3, -0.25) is 0 Å². The number of hydrogen-bond donors (Lipinski definition) is 1. The van der Waals surface area contributed by atoms with Crippen molar-refractivity contribution in [3.8, 4) is 0 Å². The van der Waals surface area contributed by atoms with Crippen LogP contribution in [0, 0.1) is 0 Å². The molecule has 30 heavy (non-hydrogen) atoms. The van der Waals surface area contributed by atoms with Gasteiger partial charge in [0.15, 0.2) is 0 Å². The molecular formula is C12H6F16O2. The number of carboxylic acids is 1. The Morgan fingerprint density at radius 2 is 1.03 bits per heavy atom. The summed E-state index contributed by atoms with van der Waals surface area (Å²) in [6.07, 6.45) is -16.5. The van der Waals surface area contributed by atoms with Crippen molar-refractivity contribution in [2.24, 2.45) is 0 Å². The molecule has 0 amide bonds. The quantitative estimate of drug-likeness (QED) is 0.334. The SMILES string of the molecule is C=C(CC(F)(F)C(F)C(F)(F)C(F)(F)C(F)(F)C(F)(F)C(F)(F)C(F)(F)F)C(=O)O. The molecule has 0 saturated carbocycles. The number of hydrogen-bond acceptors (Lipinski definition) is 1. The van der Waals surface area contributed by atoms with Crippen LogP contribution in [-0.4, -0.2) is 59.0 Å². The average Bonchev–Trinajstić information content (AvgIpc) is 2.51. The van der Waals surface area contributed by atoms with Crippen molar-refractivity contribution in [1.29, 1.82) is 0 Å². The van der Waals surface area contributed by atoms with Crippen LogP contribution >= 0.6 is 0 Å². The van der Waals surface area contributed by atoms with Crippen molar-refractivity contribution in [3.05, 3.63) is 12.2 Å². The molecule has 0 aliphatic carbocycles. The summed E-state index contributed by atoms with van der Waals surface area (Å²) in [6, 6.07) is 0. The third-order valence-electron chi connectivity index (χ3n) is 3.40. The second kappa shape index (κ2) is 7.35. The van der Waals surface area contributed by atoms with E-state index in [1.165, 1.54) is 0 Å². The van der Waals surface area contributed by atoms with Crippen LogP contribution in [0.15, 0.2) is 12.2 Å². The van der Waals surface area contributed by atoms with Crippen LogP contribution in [0.4, 0.5) is 70.2 Å². The number of carbonyl (C=O) groups is 1. The van der Waals surface area contributed by atoms with E-state index in [9.17, 15) is 75.0 Å². The number of rotatable bonds is 9. The second-order valence-electron chi connectivity index (χ2n) is 5.63. The summed E-state index contributed by atoms with van der Waals surface area (Å²) in [5.41, 5.74) is -1.87. The Morgan fingerprint density at radius 1 is 0.700 bits per heavy atom. The summed E-state index contributed by atoms with van der Waals surface area (Å²) in [4.78, 5) is 10.2. The molecule has 0 radical (unpaired) electrons. The molecule has 0 heterocycles. The zero-order chi connectivity index (χ0) is 24.9. The summed E-state index contributed by atoms with van der Waals surface area (Å²) in [7, 11) is 0. The van der Waals surface area contributed by atoms with Gasteiger partial charge in [0, 0.05) is 12.0 Å². The first-order valence-electron chi connectivity index (χ1n) is 6.62. The van der Waals surface area contributed by atoms with Crippen LogP contribution in [0.2, 0.25) is 0 Å². The van der Waals surface area contributed by atoms with Crippen LogP contribution in [0.5, 0.6) is 0 Å². The Hall–Kier alpha value is -1.91. The van der Waals surface area contributed by atoms with E-state index in [1.54, 1.807) is 0 Å². The van der Waals surface area contributed by atoms with E-state index in [-0.39, 0.29) is 0 Å². The van der Waals surface area contributed by atoms with Crippen molar-refractivity contribution in [2.45, 2.75) is 54.3 Å². The van der Waals surface area contributed by atoms with Gasteiger partial charge in [0.1, 0.15) is 0 Å². The van der Waals surface area contributed by atoms with Crippen molar-refractivity contribution in [1.82, 2.24) is 0 Å². The first kappa shape index (κ1) is 28.1. The highest BCUT2D eigenvalue weighted by Gasteiger charge is 2.92. The van der Waals surface area contributed by atoms with Gasteiger partial charge < -0.3 is 5.11 Å². The molecule has 0 aromatic heterocycles. The minimum atomic E-state index is -8.45. The number of halogens is 16. The van der Waals surface area contributed by atoms with Gasteiger partial charge in [-0.15, -0.1) is 0 Å². The molecule has 0 aromatic rings. The Balaban J connectivity index is 6.43. The summed E-state index contributed by atoms with van der Waals surface area (Å²) in [5, 5.41) is 8.19. The van der Waals surface area contributed by atoms with Gasteiger partial charge in [0.25, 0.3) is 5.92 Å². The fraction of sp³-hybridized carbons (Fsp3) is 0.750. The molecule has 0 fully saturated rings. The molecular weight excluding hydrogens is 480 g/mol. The van der Waals surface area contributed by atoms with Gasteiger partial charge in [0.05, 0.1) is 0 Å². The average molecular weight is 486 g/mol. The maximum absolute atomic E-state index is 13.3. The lowest BCUT2D eigenvalue weighted by molar-refractivity contribution is -0.445. The zero-order valence-corrected chi connectivity index (χ0v) is 13.4. The first-order chi connectivity index (χ1) is 12.7. The number of alkyl halides is 16. The van der Waals surface area contributed by atoms with Crippen LogP contribution in [0.25, 0.3) is 0 Å². The molecule has 0 aromatic carbocycles. The van der Waals surface area contributed by atoms with Gasteiger partial charge in [-0.1, -0.05) is 6.58 Å². The van der Waals surface area contributed by atoms with Crippen LogP contribution in [0.3, 0.4) is 0 Å². The molecule has 0 aliphatic heterocycles. The van der Waals surface area contributed by atoms with Gasteiger partial charge in [-0.25, -0.2) is 18.0 Å². The molecule has 1 atom stereocenters. The van der Waals surface area contributed by atoms with Crippen LogP contribution < -0.4 is 0 Å². The molecule has 0 spiro atoms. The molecule has 18 heteroatoms. The van der Waals surface area contributed by atoms with E-state index in [4.69, 9.17) is 5.11 Å². The van der Waals surface area contributed by atoms with E-state index < -0.39 is 65.8 Å². The van der Waals surface area contributed by atoms with Crippen molar-refractivity contribution in [3.63, 3.8) is 0 Å². The third-order valence-corrected chi connectivity index (χ3v) is 3.40. The van der Waals surface area contributed by atoms with E-state index in [0.717, 1.165) is 0 Å². The van der Waals surface area contributed by atoms with Crippen molar-refractivity contribution >= 4 is 5.97 Å². The molecule has 0 saturated heterocycles.